The molecule has 0 unspecified atom stereocenters. The largest absolute Gasteiger partial charge is 0.301 e. The maximum absolute atomic E-state index is 4.90. The number of rotatable bonds is 5. The summed E-state index contributed by atoms with van der Waals surface area (Å²) < 4.78 is 2.05. The summed E-state index contributed by atoms with van der Waals surface area (Å²) in [6, 6.07) is 6.74. The molecule has 5 rings (SSSR count). The topological polar surface area (TPSA) is 46.8 Å². The number of aryl methyl sites for hydroxylation is 1. The first-order valence-corrected chi connectivity index (χ1v) is 10.2. The van der Waals surface area contributed by atoms with E-state index < -0.39 is 0 Å². The number of hydrogen-bond acceptors (Lipinski definition) is 4. The lowest BCUT2D eigenvalue weighted by Crippen LogP contribution is -2.35. The molecule has 1 saturated carbocycles. The van der Waals surface area contributed by atoms with E-state index >= 15 is 0 Å². The Morgan fingerprint density at radius 1 is 1.00 bits per heavy atom. The summed E-state index contributed by atoms with van der Waals surface area (Å²) >= 11 is 0. The van der Waals surface area contributed by atoms with Crippen molar-refractivity contribution in [3.05, 3.63) is 53.6 Å². The minimum absolute atomic E-state index is 0.558. The van der Waals surface area contributed by atoms with Crippen molar-refractivity contribution in [2.24, 2.45) is 0 Å². The van der Waals surface area contributed by atoms with Crippen LogP contribution in [0.5, 0.6) is 0 Å². The van der Waals surface area contributed by atoms with Gasteiger partial charge in [-0.05, 0) is 80.9 Å². The molecule has 2 aliphatic rings. The van der Waals surface area contributed by atoms with Crippen molar-refractivity contribution in [1.82, 2.24) is 24.6 Å². The molecule has 0 amide bonds. The van der Waals surface area contributed by atoms with Gasteiger partial charge in [0.2, 0.25) is 0 Å². The molecule has 3 aromatic rings. The molecule has 0 aromatic carbocycles. The van der Waals surface area contributed by atoms with Gasteiger partial charge in [-0.3, -0.25) is 4.68 Å². The van der Waals surface area contributed by atoms with Gasteiger partial charge in [-0.25, -0.2) is 9.97 Å². The van der Waals surface area contributed by atoms with Crippen molar-refractivity contribution in [3.63, 3.8) is 0 Å². The van der Waals surface area contributed by atoms with Gasteiger partial charge in [0.25, 0.3) is 0 Å². The van der Waals surface area contributed by atoms with Gasteiger partial charge in [0.1, 0.15) is 0 Å². The molecule has 140 valence electrons. The molecule has 1 aliphatic carbocycles. The first-order chi connectivity index (χ1) is 13.2. The third kappa shape index (κ3) is 3.74. The monoisotopic (exact) mass is 361 g/mol. The molecule has 3 aromatic heterocycles. The van der Waals surface area contributed by atoms with Crippen molar-refractivity contribution in [2.75, 3.05) is 19.6 Å². The average Bonchev–Trinajstić information content (AvgIpc) is 3.48. The smallest absolute Gasteiger partial charge is 0.159 e. The third-order valence-corrected chi connectivity index (χ3v) is 6.05. The highest BCUT2D eigenvalue weighted by Crippen LogP contribution is 2.40. The van der Waals surface area contributed by atoms with Gasteiger partial charge in [0, 0.05) is 35.9 Å². The van der Waals surface area contributed by atoms with Crippen LogP contribution >= 0.6 is 0 Å². The maximum atomic E-state index is 4.90. The SMILES string of the molecule is Cc1cnn(CCN2CCC(c3ccc4cc(C5CC5)cnc4n3)CC2)c1. The zero-order valence-electron chi connectivity index (χ0n) is 16.0. The summed E-state index contributed by atoms with van der Waals surface area (Å²) in [6.45, 7) is 6.41. The first kappa shape index (κ1) is 16.9. The number of likely N-dealkylation sites (tertiary alicyclic amines) is 1. The van der Waals surface area contributed by atoms with Crippen molar-refractivity contribution >= 4 is 11.0 Å². The number of piperidine rings is 1. The third-order valence-electron chi connectivity index (χ3n) is 6.05. The van der Waals surface area contributed by atoms with Gasteiger partial charge in [-0.2, -0.15) is 5.10 Å². The van der Waals surface area contributed by atoms with E-state index in [1.807, 2.05) is 17.1 Å². The summed E-state index contributed by atoms with van der Waals surface area (Å²) in [6.07, 6.45) is 11.1. The minimum Gasteiger partial charge on any atom is -0.301 e. The molecule has 27 heavy (non-hydrogen) atoms. The lowest BCUT2D eigenvalue weighted by Gasteiger charge is -2.31. The zero-order chi connectivity index (χ0) is 18.2. The summed E-state index contributed by atoms with van der Waals surface area (Å²) in [7, 11) is 0. The highest BCUT2D eigenvalue weighted by Gasteiger charge is 2.25. The summed E-state index contributed by atoms with van der Waals surface area (Å²) in [5.41, 5.74) is 4.75. The predicted molar refractivity (Wildman–Crippen MR) is 107 cm³/mol. The molecule has 4 heterocycles. The van der Waals surface area contributed by atoms with Crippen LogP contribution in [0.25, 0.3) is 11.0 Å². The molecule has 0 radical (unpaired) electrons. The van der Waals surface area contributed by atoms with Crippen LogP contribution in [0.2, 0.25) is 0 Å². The second-order valence-electron chi connectivity index (χ2n) is 8.22. The Kier molecular flexibility index (Phi) is 4.40. The van der Waals surface area contributed by atoms with Gasteiger partial charge >= 0.3 is 0 Å². The van der Waals surface area contributed by atoms with Crippen LogP contribution in [0.15, 0.2) is 36.8 Å². The van der Waals surface area contributed by atoms with E-state index in [1.54, 1.807) is 0 Å². The van der Waals surface area contributed by atoms with Crippen LogP contribution in [0.1, 0.15) is 54.3 Å². The van der Waals surface area contributed by atoms with E-state index in [1.165, 1.54) is 47.9 Å². The fourth-order valence-electron chi connectivity index (χ4n) is 4.20. The maximum Gasteiger partial charge on any atom is 0.159 e. The van der Waals surface area contributed by atoms with E-state index in [9.17, 15) is 0 Å². The molecule has 0 bridgehead atoms. The standard InChI is InChI=1S/C22H27N5/c1-16-13-24-27(15-16)11-10-26-8-6-18(7-9-26)21-5-4-19-12-20(17-2-3-17)14-23-22(19)25-21/h4-5,12-15,17-18H,2-3,6-11H2,1H3. The highest BCUT2D eigenvalue weighted by atomic mass is 15.3. The molecule has 1 aliphatic heterocycles. The number of hydrogen-bond donors (Lipinski definition) is 0. The van der Waals surface area contributed by atoms with Crippen molar-refractivity contribution in [1.29, 1.82) is 0 Å². The summed E-state index contributed by atoms with van der Waals surface area (Å²) in [5.74, 6) is 1.30. The molecular formula is C22H27N5. The summed E-state index contributed by atoms with van der Waals surface area (Å²) in [4.78, 5) is 12.1. The van der Waals surface area contributed by atoms with Gasteiger partial charge < -0.3 is 4.90 Å². The molecule has 5 nitrogen and oxygen atoms in total. The van der Waals surface area contributed by atoms with Gasteiger partial charge in [0.05, 0.1) is 12.7 Å². The quantitative estimate of drug-likeness (QED) is 0.692. The zero-order valence-corrected chi connectivity index (χ0v) is 16.0. The van der Waals surface area contributed by atoms with E-state index in [4.69, 9.17) is 4.98 Å². The van der Waals surface area contributed by atoms with E-state index in [0.29, 0.717) is 5.92 Å². The Morgan fingerprint density at radius 3 is 2.59 bits per heavy atom. The fourth-order valence-corrected chi connectivity index (χ4v) is 4.20. The van der Waals surface area contributed by atoms with Crippen LogP contribution < -0.4 is 0 Å². The van der Waals surface area contributed by atoms with E-state index in [-0.39, 0.29) is 0 Å². The van der Waals surface area contributed by atoms with Gasteiger partial charge in [-0.15, -0.1) is 0 Å². The lowest BCUT2D eigenvalue weighted by atomic mass is 9.93. The number of pyridine rings is 2. The Morgan fingerprint density at radius 2 is 1.85 bits per heavy atom. The Labute approximate surface area is 160 Å². The fraction of sp³-hybridized carbons (Fsp3) is 0.500. The van der Waals surface area contributed by atoms with Crippen molar-refractivity contribution < 1.29 is 0 Å². The molecule has 0 N–H and O–H groups in total. The van der Waals surface area contributed by atoms with E-state index in [2.05, 4.69) is 46.3 Å². The summed E-state index contributed by atoms with van der Waals surface area (Å²) in [5, 5.41) is 5.58. The minimum atomic E-state index is 0.558. The highest BCUT2D eigenvalue weighted by molar-refractivity contribution is 5.75. The van der Waals surface area contributed by atoms with Crippen molar-refractivity contribution in [3.8, 4) is 0 Å². The Balaban J connectivity index is 1.20. The first-order valence-electron chi connectivity index (χ1n) is 10.2. The molecule has 0 spiro atoms. The molecule has 0 atom stereocenters. The molecule has 5 heteroatoms. The van der Waals surface area contributed by atoms with Gasteiger partial charge in [0.15, 0.2) is 5.65 Å². The van der Waals surface area contributed by atoms with Crippen LogP contribution in [-0.4, -0.2) is 44.3 Å². The number of aromatic nitrogens is 4. The lowest BCUT2D eigenvalue weighted by molar-refractivity contribution is 0.201. The predicted octanol–water partition coefficient (Wildman–Crippen LogP) is 3.89. The second-order valence-corrected chi connectivity index (χ2v) is 8.22. The van der Waals surface area contributed by atoms with Crippen LogP contribution in [0.3, 0.4) is 0 Å². The van der Waals surface area contributed by atoms with E-state index in [0.717, 1.165) is 37.7 Å². The Bertz CT molecular complexity index is 935. The normalized spacial score (nSPS) is 19.0. The Hall–Kier alpha value is -2.27. The second kappa shape index (κ2) is 7.04. The number of nitrogens with zero attached hydrogens (tertiary/aromatic N) is 5. The van der Waals surface area contributed by atoms with Crippen LogP contribution in [0.4, 0.5) is 0 Å². The van der Waals surface area contributed by atoms with Crippen LogP contribution in [-0.2, 0) is 6.54 Å². The molecule has 2 fully saturated rings. The number of fused-ring (bicyclic) bond motifs is 1. The molecule has 1 saturated heterocycles. The van der Waals surface area contributed by atoms with Crippen LogP contribution in [0, 0.1) is 6.92 Å². The molecular weight excluding hydrogens is 334 g/mol. The van der Waals surface area contributed by atoms with Gasteiger partial charge in [-0.1, -0.05) is 0 Å². The average molecular weight is 361 g/mol. The van der Waals surface area contributed by atoms with Crippen molar-refractivity contribution in [2.45, 2.75) is 51.0 Å².